The average Bonchev–Trinajstić information content (AvgIpc) is 2.78. The number of carbonyl (C=O) groups is 1. The van der Waals surface area contributed by atoms with Crippen LogP contribution >= 0.6 is 0 Å². The molecule has 0 bridgehead atoms. The molecule has 3 rings (SSSR count). The number of nitrogens with zero attached hydrogens (tertiary/aromatic N) is 2. The number of carboxylic acid groups (broad SMARTS) is 1. The molecule has 0 unspecified atom stereocenters. The van der Waals surface area contributed by atoms with Gasteiger partial charge in [-0.2, -0.15) is 0 Å². The molecule has 1 aromatic carbocycles. The van der Waals surface area contributed by atoms with E-state index in [0.29, 0.717) is 11.3 Å². The van der Waals surface area contributed by atoms with Gasteiger partial charge in [-0.25, -0.2) is 9.78 Å². The second-order valence-electron chi connectivity index (χ2n) is 4.10. The minimum atomic E-state index is -1.09. The molecule has 19 heavy (non-hydrogen) atoms. The maximum atomic E-state index is 11.2. The predicted octanol–water partition coefficient (Wildman–Crippen LogP) is 2.41. The number of carboxylic acids is 1. The lowest BCUT2D eigenvalue weighted by atomic mass is 10.2. The zero-order valence-corrected chi connectivity index (χ0v) is 9.82. The molecule has 0 aliphatic carbocycles. The number of rotatable bonds is 2. The van der Waals surface area contributed by atoms with Crippen molar-refractivity contribution >= 4 is 11.5 Å². The van der Waals surface area contributed by atoms with Crippen LogP contribution in [0, 0.1) is 0 Å². The highest BCUT2D eigenvalue weighted by atomic mass is 16.4. The van der Waals surface area contributed by atoms with Crippen LogP contribution in [0.5, 0.6) is 5.75 Å². The van der Waals surface area contributed by atoms with Gasteiger partial charge in [0.25, 0.3) is 0 Å². The van der Waals surface area contributed by atoms with Crippen LogP contribution < -0.4 is 0 Å². The number of pyridine rings is 1. The molecule has 2 heterocycles. The third-order valence-corrected chi connectivity index (χ3v) is 2.86. The van der Waals surface area contributed by atoms with Gasteiger partial charge in [0.2, 0.25) is 0 Å². The second-order valence-corrected chi connectivity index (χ2v) is 4.10. The Kier molecular flexibility index (Phi) is 2.45. The smallest absolute Gasteiger partial charge is 0.356 e. The van der Waals surface area contributed by atoms with E-state index in [4.69, 9.17) is 0 Å². The van der Waals surface area contributed by atoms with Crippen molar-refractivity contribution in [3.05, 3.63) is 54.4 Å². The van der Waals surface area contributed by atoms with E-state index < -0.39 is 5.97 Å². The predicted molar refractivity (Wildman–Crippen MR) is 69.3 cm³/mol. The molecule has 0 amide bonds. The Morgan fingerprint density at radius 2 is 1.84 bits per heavy atom. The van der Waals surface area contributed by atoms with Gasteiger partial charge in [0.05, 0.1) is 11.7 Å². The Morgan fingerprint density at radius 1 is 1.11 bits per heavy atom. The SMILES string of the molecule is O=C(O)c1nc(-c2ccccc2)n2cc(O)ccc12. The van der Waals surface area contributed by atoms with E-state index in [2.05, 4.69) is 4.98 Å². The van der Waals surface area contributed by atoms with Gasteiger partial charge in [0.15, 0.2) is 5.69 Å². The third-order valence-electron chi connectivity index (χ3n) is 2.86. The van der Waals surface area contributed by atoms with Crippen LogP contribution in [-0.2, 0) is 0 Å². The van der Waals surface area contributed by atoms with Crippen LogP contribution in [-0.4, -0.2) is 25.6 Å². The largest absolute Gasteiger partial charge is 0.506 e. The summed E-state index contributed by atoms with van der Waals surface area (Å²) in [4.78, 5) is 15.4. The van der Waals surface area contributed by atoms with Gasteiger partial charge in [-0.3, -0.25) is 4.40 Å². The first-order chi connectivity index (χ1) is 9.16. The molecule has 94 valence electrons. The van der Waals surface area contributed by atoms with Gasteiger partial charge in [-0.05, 0) is 12.1 Å². The average molecular weight is 254 g/mol. The Morgan fingerprint density at radius 3 is 2.53 bits per heavy atom. The number of aromatic nitrogens is 2. The summed E-state index contributed by atoms with van der Waals surface area (Å²) in [6, 6.07) is 12.2. The summed E-state index contributed by atoms with van der Waals surface area (Å²) < 4.78 is 1.58. The summed E-state index contributed by atoms with van der Waals surface area (Å²) in [5, 5.41) is 18.7. The number of aromatic hydroxyl groups is 1. The van der Waals surface area contributed by atoms with Crippen molar-refractivity contribution < 1.29 is 15.0 Å². The van der Waals surface area contributed by atoms with Crippen molar-refractivity contribution in [2.24, 2.45) is 0 Å². The summed E-state index contributed by atoms with van der Waals surface area (Å²) in [6.07, 6.45) is 1.46. The Labute approximate surface area is 108 Å². The highest BCUT2D eigenvalue weighted by molar-refractivity contribution is 5.95. The first-order valence-electron chi connectivity index (χ1n) is 5.66. The van der Waals surface area contributed by atoms with E-state index in [1.165, 1.54) is 18.3 Å². The molecule has 0 atom stereocenters. The zero-order valence-electron chi connectivity index (χ0n) is 9.82. The summed E-state index contributed by atoms with van der Waals surface area (Å²) in [7, 11) is 0. The van der Waals surface area contributed by atoms with Crippen molar-refractivity contribution in [2.75, 3.05) is 0 Å². The molecule has 0 saturated carbocycles. The van der Waals surface area contributed by atoms with Gasteiger partial charge in [-0.1, -0.05) is 30.3 Å². The van der Waals surface area contributed by atoms with Gasteiger partial charge >= 0.3 is 5.97 Å². The minimum Gasteiger partial charge on any atom is -0.506 e. The fraction of sp³-hybridized carbons (Fsp3) is 0. The van der Waals surface area contributed by atoms with Crippen molar-refractivity contribution in [1.29, 1.82) is 0 Å². The number of aromatic carboxylic acids is 1. The van der Waals surface area contributed by atoms with E-state index in [9.17, 15) is 15.0 Å². The molecule has 5 heteroatoms. The van der Waals surface area contributed by atoms with Crippen molar-refractivity contribution in [1.82, 2.24) is 9.38 Å². The Hall–Kier alpha value is -2.82. The maximum absolute atomic E-state index is 11.2. The molecule has 0 radical (unpaired) electrons. The molecule has 0 saturated heterocycles. The normalized spacial score (nSPS) is 10.7. The van der Waals surface area contributed by atoms with Crippen LogP contribution in [0.15, 0.2) is 48.7 Å². The van der Waals surface area contributed by atoms with Crippen LogP contribution in [0.4, 0.5) is 0 Å². The fourth-order valence-electron chi connectivity index (χ4n) is 2.02. The van der Waals surface area contributed by atoms with Gasteiger partial charge in [0, 0.05) is 5.56 Å². The zero-order chi connectivity index (χ0) is 13.4. The Balaban J connectivity index is 2.36. The second kappa shape index (κ2) is 4.13. The van der Waals surface area contributed by atoms with E-state index in [0.717, 1.165) is 5.56 Å². The molecule has 0 spiro atoms. The first-order valence-corrected chi connectivity index (χ1v) is 5.66. The van der Waals surface area contributed by atoms with Crippen LogP contribution in [0.2, 0.25) is 0 Å². The number of hydrogen-bond donors (Lipinski definition) is 2. The Bertz CT molecular complexity index is 763. The lowest BCUT2D eigenvalue weighted by molar-refractivity contribution is 0.0693. The standard InChI is InChI=1S/C14H10N2O3/c17-10-6-7-11-12(14(18)19)15-13(16(11)8-10)9-4-2-1-3-5-9/h1-8,17H,(H,18,19). The van der Waals surface area contributed by atoms with Crippen molar-refractivity contribution in [3.63, 3.8) is 0 Å². The van der Waals surface area contributed by atoms with E-state index in [1.807, 2.05) is 30.3 Å². The molecule has 0 fully saturated rings. The lowest BCUT2D eigenvalue weighted by Crippen LogP contribution is -1.97. The fourth-order valence-corrected chi connectivity index (χ4v) is 2.02. The van der Waals surface area contributed by atoms with Gasteiger partial charge < -0.3 is 10.2 Å². The van der Waals surface area contributed by atoms with E-state index >= 15 is 0 Å². The van der Waals surface area contributed by atoms with Crippen LogP contribution in [0.1, 0.15) is 10.5 Å². The molecule has 0 aliphatic heterocycles. The number of benzene rings is 1. The third kappa shape index (κ3) is 1.81. The summed E-state index contributed by atoms with van der Waals surface area (Å²) in [5.74, 6) is -0.548. The quantitative estimate of drug-likeness (QED) is 0.736. The molecular weight excluding hydrogens is 244 g/mol. The number of hydrogen-bond acceptors (Lipinski definition) is 3. The van der Waals surface area contributed by atoms with Gasteiger partial charge in [0.1, 0.15) is 11.6 Å². The van der Waals surface area contributed by atoms with Crippen molar-refractivity contribution in [2.45, 2.75) is 0 Å². The number of imidazole rings is 1. The highest BCUT2D eigenvalue weighted by Crippen LogP contribution is 2.24. The molecule has 2 aromatic heterocycles. The summed E-state index contributed by atoms with van der Waals surface area (Å²) in [6.45, 7) is 0. The molecule has 3 aromatic rings. The molecule has 2 N–H and O–H groups in total. The van der Waals surface area contributed by atoms with Crippen LogP contribution in [0.3, 0.4) is 0 Å². The topological polar surface area (TPSA) is 74.8 Å². The highest BCUT2D eigenvalue weighted by Gasteiger charge is 2.17. The van der Waals surface area contributed by atoms with Crippen LogP contribution in [0.25, 0.3) is 16.9 Å². The first kappa shape index (κ1) is 11.3. The molecule has 5 nitrogen and oxygen atoms in total. The lowest BCUT2D eigenvalue weighted by Gasteiger charge is -2.01. The molecular formula is C14H10N2O3. The summed E-state index contributed by atoms with van der Waals surface area (Å²) >= 11 is 0. The van der Waals surface area contributed by atoms with E-state index in [-0.39, 0.29) is 11.4 Å². The monoisotopic (exact) mass is 254 g/mol. The summed E-state index contributed by atoms with van der Waals surface area (Å²) in [5.41, 5.74) is 1.21. The molecule has 0 aliphatic rings. The number of fused-ring (bicyclic) bond motifs is 1. The maximum Gasteiger partial charge on any atom is 0.356 e. The minimum absolute atomic E-state index is 0.0288. The van der Waals surface area contributed by atoms with Gasteiger partial charge in [-0.15, -0.1) is 0 Å². The van der Waals surface area contributed by atoms with Crippen molar-refractivity contribution in [3.8, 4) is 17.1 Å². The van der Waals surface area contributed by atoms with E-state index in [1.54, 1.807) is 4.40 Å².